The lowest BCUT2D eigenvalue weighted by atomic mass is 9.77. The number of aryl methyl sites for hydroxylation is 1. The van der Waals surface area contributed by atoms with Gasteiger partial charge in [-0.25, -0.2) is 4.39 Å². The summed E-state index contributed by atoms with van der Waals surface area (Å²) < 4.78 is 48.2. The average Bonchev–Trinajstić information content (AvgIpc) is 2.84. The smallest absolute Gasteiger partial charge is 0.313 e. The maximum Gasteiger partial charge on any atom is 0.391 e. The van der Waals surface area contributed by atoms with Crippen molar-refractivity contribution < 1.29 is 17.9 Å². The lowest BCUT2D eigenvalue weighted by molar-refractivity contribution is -0.282. The highest BCUT2D eigenvalue weighted by molar-refractivity contribution is 5.26. The third-order valence-corrected chi connectivity index (χ3v) is 7.06. The Labute approximate surface area is 197 Å². The Morgan fingerprint density at radius 2 is 1.48 bits per heavy atom. The van der Waals surface area contributed by atoms with Crippen molar-refractivity contribution in [2.45, 2.75) is 103 Å². The zero-order chi connectivity index (χ0) is 23.7. The average molecular weight is 461 g/mol. The normalized spacial score (nSPS) is 20.0. The van der Waals surface area contributed by atoms with Crippen LogP contribution in [0.4, 0.5) is 13.2 Å². The fourth-order valence-corrected chi connectivity index (χ4v) is 4.96. The van der Waals surface area contributed by atoms with E-state index in [2.05, 4.69) is 13.8 Å². The summed E-state index contributed by atoms with van der Waals surface area (Å²) in [5.41, 5.74) is 2.90. The maximum absolute atomic E-state index is 14.6. The molecule has 1 nitrogen and oxygen atoms in total. The van der Waals surface area contributed by atoms with E-state index < -0.39 is 12.3 Å². The van der Waals surface area contributed by atoms with Gasteiger partial charge in [0.1, 0.15) is 0 Å². The number of alkyl halides is 3. The van der Waals surface area contributed by atoms with E-state index in [1.54, 1.807) is 12.1 Å². The van der Waals surface area contributed by atoms with E-state index in [1.165, 1.54) is 56.2 Å². The molecule has 33 heavy (non-hydrogen) atoms. The number of rotatable bonds is 12. The van der Waals surface area contributed by atoms with Crippen LogP contribution in [0.3, 0.4) is 0 Å². The van der Waals surface area contributed by atoms with E-state index in [4.69, 9.17) is 4.74 Å². The molecule has 2 aromatic carbocycles. The number of benzene rings is 2. The van der Waals surface area contributed by atoms with Crippen molar-refractivity contribution in [2.24, 2.45) is 5.92 Å². The summed E-state index contributed by atoms with van der Waals surface area (Å²) in [6, 6.07) is 14.1. The van der Waals surface area contributed by atoms with Crippen LogP contribution in [0.5, 0.6) is 0 Å². The van der Waals surface area contributed by atoms with Gasteiger partial charge in [-0.2, -0.15) is 8.78 Å². The molecule has 182 valence electrons. The van der Waals surface area contributed by atoms with Crippen LogP contribution >= 0.6 is 0 Å². The van der Waals surface area contributed by atoms with Crippen molar-refractivity contribution in [3.8, 4) is 0 Å². The number of hydrogen-bond acceptors (Lipinski definition) is 1. The fraction of sp³-hybridized carbons (Fsp3) is 0.586. The molecule has 0 radical (unpaired) electrons. The Hall–Kier alpha value is -1.81. The van der Waals surface area contributed by atoms with Crippen LogP contribution in [-0.4, -0.2) is 6.11 Å². The summed E-state index contributed by atoms with van der Waals surface area (Å²) in [4.78, 5) is 0. The molecule has 1 aliphatic carbocycles. The first-order valence-corrected chi connectivity index (χ1v) is 12.8. The molecule has 0 bridgehead atoms. The monoisotopic (exact) mass is 460 g/mol. The minimum Gasteiger partial charge on any atom is -0.313 e. The Bertz CT molecular complexity index is 808. The number of hydrogen-bond donors (Lipinski definition) is 0. The van der Waals surface area contributed by atoms with E-state index in [-0.39, 0.29) is 12.2 Å². The summed E-state index contributed by atoms with van der Waals surface area (Å²) in [5.74, 6) is 1.40. The van der Waals surface area contributed by atoms with Crippen molar-refractivity contribution in [3.05, 3.63) is 70.8 Å². The second kappa shape index (κ2) is 12.6. The topological polar surface area (TPSA) is 9.23 Å². The number of unbranched alkanes of at least 4 members (excludes halogenated alkanes) is 2. The summed E-state index contributed by atoms with van der Waals surface area (Å²) in [6.07, 6.45) is 5.31. The van der Waals surface area contributed by atoms with Crippen LogP contribution in [-0.2, 0) is 17.8 Å². The first-order chi connectivity index (χ1) is 15.9. The number of ether oxygens (including phenoxy) is 1. The molecule has 0 heterocycles. The molecule has 0 aliphatic heterocycles. The predicted octanol–water partition coefficient (Wildman–Crippen LogP) is 9.31. The largest absolute Gasteiger partial charge is 0.391 e. The molecular weight excluding hydrogens is 421 g/mol. The van der Waals surface area contributed by atoms with Crippen LogP contribution < -0.4 is 0 Å². The Kier molecular flexibility index (Phi) is 9.85. The van der Waals surface area contributed by atoms with Gasteiger partial charge in [0.15, 0.2) is 0 Å². The summed E-state index contributed by atoms with van der Waals surface area (Å²) >= 11 is 0. The highest BCUT2D eigenvalue weighted by atomic mass is 19.3. The van der Waals surface area contributed by atoms with Crippen molar-refractivity contribution in [2.75, 3.05) is 0 Å². The van der Waals surface area contributed by atoms with E-state index in [9.17, 15) is 13.2 Å². The molecule has 1 saturated carbocycles. The Balaban J connectivity index is 1.50. The van der Waals surface area contributed by atoms with Crippen molar-refractivity contribution in [1.29, 1.82) is 0 Å². The van der Waals surface area contributed by atoms with Crippen molar-refractivity contribution >= 4 is 0 Å². The number of halogens is 3. The van der Waals surface area contributed by atoms with Crippen LogP contribution in [0.1, 0.15) is 106 Å². The lowest BCUT2D eigenvalue weighted by Gasteiger charge is -2.28. The summed E-state index contributed by atoms with van der Waals surface area (Å²) in [7, 11) is 0. The van der Waals surface area contributed by atoms with Crippen LogP contribution in [0.2, 0.25) is 0 Å². The second-order valence-electron chi connectivity index (χ2n) is 9.66. The van der Waals surface area contributed by atoms with Gasteiger partial charge >= 0.3 is 6.11 Å². The van der Waals surface area contributed by atoms with Gasteiger partial charge < -0.3 is 4.74 Å². The lowest BCUT2D eigenvalue weighted by Crippen LogP contribution is -2.27. The van der Waals surface area contributed by atoms with E-state index >= 15 is 0 Å². The molecule has 0 amide bonds. The molecule has 1 unspecified atom stereocenters. The standard InChI is InChI=1S/C29H39F3O/c1-3-5-6-8-23-11-19-27(20-12-23)28(30)29(31,32)33-21-24-13-17-26(18-14-24)25-15-9-22(7-4-2)10-16-25/h11-14,17-20,22,25,28H,3-10,15-16,21H2,1-2H3. The first-order valence-electron chi connectivity index (χ1n) is 12.8. The highest BCUT2D eigenvalue weighted by Gasteiger charge is 2.42. The van der Waals surface area contributed by atoms with Gasteiger partial charge in [0.25, 0.3) is 0 Å². The molecule has 0 spiro atoms. The third-order valence-electron chi connectivity index (χ3n) is 7.06. The van der Waals surface area contributed by atoms with Crippen molar-refractivity contribution in [1.82, 2.24) is 0 Å². The minimum absolute atomic E-state index is 0.0479. The fourth-order valence-electron chi connectivity index (χ4n) is 4.96. The van der Waals surface area contributed by atoms with Gasteiger partial charge in [0.05, 0.1) is 6.61 Å². The first kappa shape index (κ1) is 25.8. The molecule has 1 aliphatic rings. The van der Waals surface area contributed by atoms with E-state index in [0.29, 0.717) is 11.5 Å². The highest BCUT2D eigenvalue weighted by Crippen LogP contribution is 2.39. The zero-order valence-electron chi connectivity index (χ0n) is 20.2. The Morgan fingerprint density at radius 1 is 0.848 bits per heavy atom. The summed E-state index contributed by atoms with van der Waals surface area (Å²) in [5, 5.41) is 0. The van der Waals surface area contributed by atoms with Gasteiger partial charge in [-0.15, -0.1) is 0 Å². The molecule has 0 N–H and O–H groups in total. The van der Waals surface area contributed by atoms with Gasteiger partial charge in [0, 0.05) is 0 Å². The van der Waals surface area contributed by atoms with E-state index in [1.807, 2.05) is 24.3 Å². The van der Waals surface area contributed by atoms with Gasteiger partial charge in [-0.1, -0.05) is 88.1 Å². The van der Waals surface area contributed by atoms with Gasteiger partial charge in [-0.3, -0.25) is 0 Å². The second-order valence-corrected chi connectivity index (χ2v) is 9.66. The maximum atomic E-state index is 14.6. The summed E-state index contributed by atoms with van der Waals surface area (Å²) in [6.45, 7) is 4.06. The predicted molar refractivity (Wildman–Crippen MR) is 129 cm³/mol. The van der Waals surface area contributed by atoms with Crippen LogP contribution in [0, 0.1) is 5.92 Å². The SMILES string of the molecule is CCCCCc1ccc(C(F)C(F)(F)OCc2ccc(C3CCC(CCC)CC3)cc2)cc1. The molecule has 2 aromatic rings. The molecule has 0 aromatic heterocycles. The Morgan fingerprint density at radius 3 is 2.09 bits per heavy atom. The molecule has 3 rings (SSSR count). The van der Waals surface area contributed by atoms with Crippen molar-refractivity contribution in [3.63, 3.8) is 0 Å². The molecule has 1 fully saturated rings. The van der Waals surface area contributed by atoms with Crippen LogP contribution in [0.15, 0.2) is 48.5 Å². The minimum atomic E-state index is -3.87. The van der Waals surface area contributed by atoms with Crippen LogP contribution in [0.25, 0.3) is 0 Å². The van der Waals surface area contributed by atoms with Gasteiger partial charge in [-0.05, 0) is 72.6 Å². The van der Waals surface area contributed by atoms with E-state index in [0.717, 1.165) is 37.2 Å². The zero-order valence-corrected chi connectivity index (χ0v) is 20.2. The molecule has 4 heteroatoms. The quantitative estimate of drug-likeness (QED) is 0.287. The van der Waals surface area contributed by atoms with Gasteiger partial charge in [0.2, 0.25) is 6.17 Å². The molecule has 1 atom stereocenters. The molecular formula is C29H39F3O. The molecule has 0 saturated heterocycles. The third kappa shape index (κ3) is 7.60.